The molecule has 76 valence electrons. The Labute approximate surface area is 96.2 Å². The fourth-order valence-electron chi connectivity index (χ4n) is 0.943. The molecule has 0 bridgehead atoms. The summed E-state index contributed by atoms with van der Waals surface area (Å²) >= 11 is 7.05. The molecule has 6 heteroatoms. The third-order valence-corrected chi connectivity index (χ3v) is 2.52. The Kier molecular flexibility index (Phi) is 3.13. The van der Waals surface area contributed by atoms with Crippen molar-refractivity contribution in [1.82, 2.24) is 19.9 Å². The van der Waals surface area contributed by atoms with Crippen LogP contribution in [0, 0.1) is 6.92 Å². The molecule has 0 saturated carbocycles. The molecule has 0 unspecified atom stereocenters. The maximum atomic E-state index is 5.71. The lowest BCUT2D eigenvalue weighted by atomic mass is 10.5. The quantitative estimate of drug-likeness (QED) is 0.752. The summed E-state index contributed by atoms with van der Waals surface area (Å²) in [5, 5.41) is 1.70. The summed E-state index contributed by atoms with van der Waals surface area (Å²) in [7, 11) is 0. The number of hydrogen-bond donors (Lipinski definition) is 0. The highest BCUT2D eigenvalue weighted by Crippen LogP contribution is 2.22. The number of aryl methyl sites for hydroxylation is 1. The first-order chi connectivity index (χ1) is 7.24. The number of hydrogen-bond acceptors (Lipinski definition) is 5. The van der Waals surface area contributed by atoms with Crippen molar-refractivity contribution in [3.8, 4) is 0 Å². The molecule has 0 aromatic carbocycles. The van der Waals surface area contributed by atoms with E-state index in [1.54, 1.807) is 12.4 Å². The van der Waals surface area contributed by atoms with Gasteiger partial charge in [0.15, 0.2) is 5.16 Å². The lowest BCUT2D eigenvalue weighted by molar-refractivity contribution is 0.925. The van der Waals surface area contributed by atoms with E-state index in [9.17, 15) is 0 Å². The topological polar surface area (TPSA) is 51.6 Å². The van der Waals surface area contributed by atoms with Gasteiger partial charge >= 0.3 is 0 Å². The second-order valence-corrected chi connectivity index (χ2v) is 4.14. The molecule has 4 nitrogen and oxygen atoms in total. The second-order valence-electron chi connectivity index (χ2n) is 2.76. The van der Waals surface area contributed by atoms with Gasteiger partial charge in [-0.3, -0.25) is 4.98 Å². The van der Waals surface area contributed by atoms with Crippen LogP contribution in [0.25, 0.3) is 0 Å². The Morgan fingerprint density at radius 3 is 2.87 bits per heavy atom. The van der Waals surface area contributed by atoms with Crippen LogP contribution in [0.5, 0.6) is 0 Å². The van der Waals surface area contributed by atoms with Gasteiger partial charge in [0.2, 0.25) is 0 Å². The molecule has 15 heavy (non-hydrogen) atoms. The van der Waals surface area contributed by atoms with E-state index >= 15 is 0 Å². The van der Waals surface area contributed by atoms with Gasteiger partial charge in [0.1, 0.15) is 10.2 Å². The molecule has 0 saturated heterocycles. The summed E-state index contributed by atoms with van der Waals surface area (Å²) in [6.45, 7) is 1.91. The average molecular weight is 239 g/mol. The Morgan fingerprint density at radius 2 is 2.13 bits per heavy atom. The first-order valence-corrected chi connectivity index (χ1v) is 5.38. The van der Waals surface area contributed by atoms with Gasteiger partial charge in [-0.2, -0.15) is 0 Å². The number of rotatable bonds is 2. The van der Waals surface area contributed by atoms with Crippen LogP contribution in [0.15, 0.2) is 34.8 Å². The highest BCUT2D eigenvalue weighted by molar-refractivity contribution is 7.99. The van der Waals surface area contributed by atoms with Crippen LogP contribution in [0.4, 0.5) is 0 Å². The van der Waals surface area contributed by atoms with E-state index in [1.807, 2.05) is 13.0 Å². The van der Waals surface area contributed by atoms with E-state index in [0.717, 1.165) is 5.69 Å². The number of aromatic nitrogens is 4. The van der Waals surface area contributed by atoms with Crippen molar-refractivity contribution in [3.05, 3.63) is 35.5 Å². The summed E-state index contributed by atoms with van der Waals surface area (Å²) in [6, 6.07) is 1.84. The summed E-state index contributed by atoms with van der Waals surface area (Å²) in [5.41, 5.74) is 0.919. The minimum Gasteiger partial charge on any atom is -0.259 e. The molecule has 0 aliphatic carbocycles. The van der Waals surface area contributed by atoms with Crippen LogP contribution in [0.2, 0.25) is 5.15 Å². The predicted octanol–water partition coefficient (Wildman–Crippen LogP) is 2.38. The maximum Gasteiger partial charge on any atom is 0.194 e. The summed E-state index contributed by atoms with van der Waals surface area (Å²) in [6.07, 6.45) is 4.83. The largest absolute Gasteiger partial charge is 0.259 e. The molecule has 2 aromatic rings. The molecule has 0 amide bonds. The normalized spacial score (nSPS) is 10.3. The molecule has 2 heterocycles. The molecule has 0 fully saturated rings. The van der Waals surface area contributed by atoms with E-state index in [1.165, 1.54) is 18.0 Å². The van der Waals surface area contributed by atoms with Crippen LogP contribution < -0.4 is 0 Å². The Morgan fingerprint density at radius 1 is 1.27 bits per heavy atom. The SMILES string of the molecule is Cc1ccnc(Sc2cncc(Cl)n2)n1. The van der Waals surface area contributed by atoms with E-state index < -0.39 is 0 Å². The molecule has 2 rings (SSSR count). The standard InChI is InChI=1S/C9H7ClN4S/c1-6-2-3-12-9(13-6)15-8-5-11-4-7(10)14-8/h2-5H,1H3. The minimum absolute atomic E-state index is 0.368. The van der Waals surface area contributed by atoms with E-state index in [0.29, 0.717) is 15.3 Å². The fraction of sp³-hybridized carbons (Fsp3) is 0.111. The van der Waals surface area contributed by atoms with Gasteiger partial charge in [0.05, 0.1) is 12.4 Å². The van der Waals surface area contributed by atoms with Crippen molar-refractivity contribution in [2.75, 3.05) is 0 Å². The lowest BCUT2D eigenvalue weighted by Crippen LogP contribution is -1.89. The van der Waals surface area contributed by atoms with E-state index in [4.69, 9.17) is 11.6 Å². The van der Waals surface area contributed by atoms with Crippen molar-refractivity contribution >= 4 is 23.4 Å². The monoisotopic (exact) mass is 238 g/mol. The van der Waals surface area contributed by atoms with Gasteiger partial charge in [0.25, 0.3) is 0 Å². The van der Waals surface area contributed by atoms with Gasteiger partial charge in [-0.15, -0.1) is 0 Å². The van der Waals surface area contributed by atoms with Gasteiger partial charge in [-0.1, -0.05) is 11.6 Å². The number of halogens is 1. The van der Waals surface area contributed by atoms with Crippen molar-refractivity contribution in [3.63, 3.8) is 0 Å². The van der Waals surface area contributed by atoms with Crippen LogP contribution in [-0.4, -0.2) is 19.9 Å². The van der Waals surface area contributed by atoms with Crippen LogP contribution in [0.3, 0.4) is 0 Å². The molecule has 0 N–H and O–H groups in total. The zero-order chi connectivity index (χ0) is 10.7. The zero-order valence-electron chi connectivity index (χ0n) is 7.88. The molecule has 0 spiro atoms. The molecule has 0 aliphatic heterocycles. The van der Waals surface area contributed by atoms with Crippen LogP contribution in [0.1, 0.15) is 5.69 Å². The highest BCUT2D eigenvalue weighted by atomic mass is 35.5. The van der Waals surface area contributed by atoms with Gasteiger partial charge in [-0.25, -0.2) is 15.0 Å². The Balaban J connectivity index is 2.22. The molecule has 0 radical (unpaired) electrons. The average Bonchev–Trinajstić information content (AvgIpc) is 2.17. The van der Waals surface area contributed by atoms with Crippen molar-refractivity contribution in [2.24, 2.45) is 0 Å². The Hall–Kier alpha value is -1.20. The Bertz CT molecular complexity index is 434. The summed E-state index contributed by atoms with van der Waals surface area (Å²) in [4.78, 5) is 16.4. The molecule has 2 aromatic heterocycles. The van der Waals surface area contributed by atoms with Gasteiger partial charge < -0.3 is 0 Å². The van der Waals surface area contributed by atoms with Crippen LogP contribution >= 0.6 is 23.4 Å². The minimum atomic E-state index is 0.368. The summed E-state index contributed by atoms with van der Waals surface area (Å²) < 4.78 is 0. The van der Waals surface area contributed by atoms with Crippen molar-refractivity contribution in [1.29, 1.82) is 0 Å². The predicted molar refractivity (Wildman–Crippen MR) is 57.9 cm³/mol. The first-order valence-electron chi connectivity index (χ1n) is 4.19. The van der Waals surface area contributed by atoms with E-state index in [-0.39, 0.29) is 0 Å². The molecule has 0 aliphatic rings. The highest BCUT2D eigenvalue weighted by Gasteiger charge is 2.02. The van der Waals surface area contributed by atoms with Crippen molar-refractivity contribution < 1.29 is 0 Å². The molecule has 0 atom stereocenters. The fourth-order valence-corrected chi connectivity index (χ4v) is 1.89. The first kappa shape index (κ1) is 10.3. The lowest BCUT2D eigenvalue weighted by Gasteiger charge is -1.99. The van der Waals surface area contributed by atoms with E-state index in [2.05, 4.69) is 19.9 Å². The van der Waals surface area contributed by atoms with Crippen molar-refractivity contribution in [2.45, 2.75) is 17.1 Å². The molecular weight excluding hydrogens is 232 g/mol. The second kappa shape index (κ2) is 4.55. The third-order valence-electron chi connectivity index (χ3n) is 1.55. The maximum absolute atomic E-state index is 5.71. The third kappa shape index (κ3) is 2.87. The van der Waals surface area contributed by atoms with Gasteiger partial charge in [0, 0.05) is 11.9 Å². The number of nitrogens with zero attached hydrogens (tertiary/aromatic N) is 4. The van der Waals surface area contributed by atoms with Gasteiger partial charge in [-0.05, 0) is 24.8 Å². The smallest absolute Gasteiger partial charge is 0.194 e. The summed E-state index contributed by atoms with van der Waals surface area (Å²) in [5.74, 6) is 0. The van der Waals surface area contributed by atoms with Crippen LogP contribution in [-0.2, 0) is 0 Å². The molecular formula is C9H7ClN4S. The zero-order valence-corrected chi connectivity index (χ0v) is 9.46.